The zero-order valence-electron chi connectivity index (χ0n) is 13.8. The molecule has 2 aromatic heterocycles. The van der Waals surface area contributed by atoms with Crippen LogP contribution in [0.4, 0.5) is 11.8 Å². The molecule has 0 unspecified atom stereocenters. The van der Waals surface area contributed by atoms with Crippen molar-refractivity contribution in [1.82, 2.24) is 23.4 Å². The smallest absolute Gasteiger partial charge is 0.228 e. The minimum absolute atomic E-state index is 0.0241. The molecule has 0 spiro atoms. The van der Waals surface area contributed by atoms with Gasteiger partial charge in [-0.25, -0.2) is 13.1 Å². The summed E-state index contributed by atoms with van der Waals surface area (Å²) in [5, 5.41) is 7.02. The molecular formula is C15H19ClIN7O. The Kier molecular flexibility index (Phi) is 6.07. The average Bonchev–Trinajstić information content (AvgIpc) is 2.62. The topological polar surface area (TPSA) is 86.3 Å². The van der Waals surface area contributed by atoms with Gasteiger partial charge in [0, 0.05) is 74.4 Å². The van der Waals surface area contributed by atoms with Gasteiger partial charge in [0.05, 0.1) is 11.7 Å². The van der Waals surface area contributed by atoms with Crippen LogP contribution in [0.1, 0.15) is 6.42 Å². The van der Waals surface area contributed by atoms with Crippen LogP contribution in [0.15, 0.2) is 12.3 Å². The number of nitrogens with one attached hydrogen (secondary N) is 2. The molecule has 0 saturated carbocycles. The van der Waals surface area contributed by atoms with E-state index in [9.17, 15) is 4.79 Å². The summed E-state index contributed by atoms with van der Waals surface area (Å²) in [6.07, 6.45) is 2.02. The van der Waals surface area contributed by atoms with Gasteiger partial charge in [-0.1, -0.05) is 11.6 Å². The molecule has 10 heteroatoms. The van der Waals surface area contributed by atoms with Crippen LogP contribution in [0.5, 0.6) is 0 Å². The van der Waals surface area contributed by atoms with Gasteiger partial charge in [-0.2, -0.15) is 4.98 Å². The maximum atomic E-state index is 11.4. The first-order valence-electron chi connectivity index (χ1n) is 8.00. The second-order valence-corrected chi connectivity index (χ2v) is 7.40. The Balaban J connectivity index is 1.88. The molecule has 1 fully saturated rings. The maximum absolute atomic E-state index is 11.4. The van der Waals surface area contributed by atoms with Crippen molar-refractivity contribution in [2.24, 2.45) is 0 Å². The van der Waals surface area contributed by atoms with Crippen LogP contribution < -0.4 is 15.5 Å². The number of nitrogens with zero attached hydrogens (tertiary/aromatic N) is 5. The van der Waals surface area contributed by atoms with E-state index in [1.54, 1.807) is 19.3 Å². The van der Waals surface area contributed by atoms with Gasteiger partial charge < -0.3 is 15.5 Å². The Morgan fingerprint density at radius 1 is 1.32 bits per heavy atom. The SMILES string of the molecule is CNC(=O)CCNc1nc(N2CCN(I)CC2)nc2cnc(Cl)cc12. The number of hydrogen-bond acceptors (Lipinski definition) is 7. The molecule has 3 heterocycles. The minimum atomic E-state index is -0.0241. The quantitative estimate of drug-likeness (QED) is 0.387. The lowest BCUT2D eigenvalue weighted by molar-refractivity contribution is -0.120. The predicted molar refractivity (Wildman–Crippen MR) is 107 cm³/mol. The number of carbonyl (C=O) groups excluding carboxylic acids is 1. The lowest BCUT2D eigenvalue weighted by Crippen LogP contribution is -2.43. The van der Waals surface area contributed by atoms with Gasteiger partial charge in [-0.15, -0.1) is 0 Å². The van der Waals surface area contributed by atoms with E-state index in [-0.39, 0.29) is 5.91 Å². The first-order chi connectivity index (χ1) is 12.1. The number of piperazine rings is 1. The lowest BCUT2D eigenvalue weighted by atomic mass is 10.2. The van der Waals surface area contributed by atoms with Crippen molar-refractivity contribution in [2.45, 2.75) is 6.42 Å². The van der Waals surface area contributed by atoms with Crippen LogP contribution in [0.3, 0.4) is 0 Å². The Morgan fingerprint density at radius 2 is 2.08 bits per heavy atom. The van der Waals surface area contributed by atoms with Crippen LogP contribution >= 0.6 is 34.5 Å². The number of hydrogen-bond donors (Lipinski definition) is 2. The van der Waals surface area contributed by atoms with Crippen LogP contribution in [-0.4, -0.2) is 63.7 Å². The highest BCUT2D eigenvalue weighted by Crippen LogP contribution is 2.26. The Hall–Kier alpha value is -1.46. The fourth-order valence-corrected chi connectivity index (χ4v) is 3.16. The van der Waals surface area contributed by atoms with Gasteiger partial charge in [0.1, 0.15) is 11.0 Å². The zero-order chi connectivity index (χ0) is 17.8. The van der Waals surface area contributed by atoms with Crippen LogP contribution in [0, 0.1) is 0 Å². The number of fused-ring (bicyclic) bond motifs is 1. The van der Waals surface area contributed by atoms with Gasteiger partial charge in [0.15, 0.2) is 0 Å². The number of carbonyl (C=O) groups is 1. The van der Waals surface area contributed by atoms with Crippen LogP contribution in [0.25, 0.3) is 10.9 Å². The third kappa shape index (κ3) is 4.59. The summed E-state index contributed by atoms with van der Waals surface area (Å²) in [7, 11) is 1.62. The van der Waals surface area contributed by atoms with Crippen LogP contribution in [-0.2, 0) is 4.79 Å². The normalized spacial score (nSPS) is 15.4. The molecule has 2 aromatic rings. The largest absolute Gasteiger partial charge is 0.369 e. The van der Waals surface area contributed by atoms with Crippen molar-refractivity contribution in [1.29, 1.82) is 0 Å². The highest BCUT2D eigenvalue weighted by molar-refractivity contribution is 14.1. The van der Waals surface area contributed by atoms with Crippen LogP contribution in [0.2, 0.25) is 5.15 Å². The molecule has 0 atom stereocenters. The molecule has 1 saturated heterocycles. The molecule has 1 aliphatic heterocycles. The first kappa shape index (κ1) is 18.3. The van der Waals surface area contributed by atoms with E-state index in [4.69, 9.17) is 11.6 Å². The summed E-state index contributed by atoms with van der Waals surface area (Å²) in [4.78, 5) is 27.0. The molecule has 3 rings (SSSR count). The highest BCUT2D eigenvalue weighted by atomic mass is 127. The molecular weight excluding hydrogens is 457 g/mol. The maximum Gasteiger partial charge on any atom is 0.228 e. The van der Waals surface area contributed by atoms with E-state index < -0.39 is 0 Å². The van der Waals surface area contributed by atoms with Crippen molar-refractivity contribution >= 4 is 63.0 Å². The third-order valence-corrected chi connectivity index (χ3v) is 5.14. The van der Waals surface area contributed by atoms with E-state index in [0.717, 1.165) is 37.1 Å². The van der Waals surface area contributed by atoms with Gasteiger partial charge in [-0.05, 0) is 6.07 Å². The van der Waals surface area contributed by atoms with Crippen molar-refractivity contribution in [3.05, 3.63) is 17.4 Å². The van der Waals surface area contributed by atoms with Crippen molar-refractivity contribution in [3.8, 4) is 0 Å². The second kappa shape index (κ2) is 8.28. The number of anilines is 2. The summed E-state index contributed by atoms with van der Waals surface area (Å²) < 4.78 is 2.25. The van der Waals surface area contributed by atoms with Crippen molar-refractivity contribution in [3.63, 3.8) is 0 Å². The number of rotatable bonds is 5. The average molecular weight is 476 g/mol. The molecule has 0 aromatic carbocycles. The third-order valence-electron chi connectivity index (χ3n) is 3.97. The first-order valence-corrected chi connectivity index (χ1v) is 9.34. The van der Waals surface area contributed by atoms with E-state index >= 15 is 0 Å². The van der Waals surface area contributed by atoms with E-state index in [1.807, 2.05) is 0 Å². The summed E-state index contributed by atoms with van der Waals surface area (Å²) in [5.41, 5.74) is 0.730. The predicted octanol–water partition coefficient (Wildman–Crippen LogP) is 1.70. The van der Waals surface area contributed by atoms with Gasteiger partial charge in [0.2, 0.25) is 11.9 Å². The van der Waals surface area contributed by atoms with E-state index in [2.05, 4.69) is 56.5 Å². The number of halogens is 2. The summed E-state index contributed by atoms with van der Waals surface area (Å²) >= 11 is 8.36. The molecule has 0 radical (unpaired) electrons. The molecule has 1 amide bonds. The Morgan fingerprint density at radius 3 is 2.80 bits per heavy atom. The molecule has 0 aliphatic carbocycles. The molecule has 25 heavy (non-hydrogen) atoms. The van der Waals surface area contributed by atoms with E-state index in [0.29, 0.717) is 29.9 Å². The zero-order valence-corrected chi connectivity index (χ0v) is 16.7. The van der Waals surface area contributed by atoms with Gasteiger partial charge >= 0.3 is 0 Å². The van der Waals surface area contributed by atoms with Gasteiger partial charge in [0.25, 0.3) is 0 Å². The summed E-state index contributed by atoms with van der Waals surface area (Å²) in [6.45, 7) is 4.13. The monoisotopic (exact) mass is 475 g/mol. The fourth-order valence-electron chi connectivity index (χ4n) is 2.57. The fraction of sp³-hybridized carbons (Fsp3) is 0.467. The van der Waals surface area contributed by atoms with Crippen molar-refractivity contribution < 1.29 is 4.79 Å². The van der Waals surface area contributed by atoms with E-state index in [1.165, 1.54) is 0 Å². The molecule has 134 valence electrons. The molecule has 0 bridgehead atoms. The molecule has 2 N–H and O–H groups in total. The minimum Gasteiger partial charge on any atom is -0.369 e. The van der Waals surface area contributed by atoms with Gasteiger partial charge in [-0.3, -0.25) is 4.79 Å². The summed E-state index contributed by atoms with van der Waals surface area (Å²) in [5.74, 6) is 1.32. The number of amides is 1. The Labute approximate surface area is 164 Å². The number of pyridine rings is 1. The second-order valence-electron chi connectivity index (χ2n) is 5.64. The molecule has 1 aliphatic rings. The lowest BCUT2D eigenvalue weighted by Gasteiger charge is -2.31. The summed E-state index contributed by atoms with van der Waals surface area (Å²) in [6, 6.07) is 1.74. The highest BCUT2D eigenvalue weighted by Gasteiger charge is 2.19. The molecule has 8 nitrogen and oxygen atoms in total. The van der Waals surface area contributed by atoms with Crippen molar-refractivity contribution in [2.75, 3.05) is 50.0 Å². The Bertz CT molecular complexity index is 767. The number of aromatic nitrogens is 3. The standard InChI is InChI=1S/C15H19ClIN7O/c1-18-13(25)2-3-19-14-10-8-12(16)20-9-11(10)21-15(22-14)23-4-6-24(17)7-5-23/h8-9H,2-7H2,1H3,(H,18,25)(H,19,21,22).